The fourth-order valence-electron chi connectivity index (χ4n) is 1.24. The van der Waals surface area contributed by atoms with Crippen molar-refractivity contribution in [3.05, 3.63) is 47.7 Å². The van der Waals surface area contributed by atoms with Gasteiger partial charge in [0, 0.05) is 32.3 Å². The van der Waals surface area contributed by atoms with Crippen molar-refractivity contribution in [3.8, 4) is 6.07 Å². The van der Waals surface area contributed by atoms with Crippen molar-refractivity contribution < 1.29 is 0 Å². The van der Waals surface area contributed by atoms with E-state index in [2.05, 4.69) is 6.07 Å². The zero-order valence-corrected chi connectivity index (χ0v) is 8.57. The van der Waals surface area contributed by atoms with Crippen LogP contribution in [0.5, 0.6) is 0 Å². The van der Waals surface area contributed by atoms with Gasteiger partial charge in [-0.1, -0.05) is 30.3 Å². The van der Waals surface area contributed by atoms with Crippen LogP contribution in [-0.4, -0.2) is 19.0 Å². The second-order valence-corrected chi connectivity index (χ2v) is 3.39. The highest BCUT2D eigenvalue weighted by Crippen LogP contribution is 2.07. The summed E-state index contributed by atoms with van der Waals surface area (Å²) in [4.78, 5) is 1.89. The monoisotopic (exact) mass is 186 g/mol. The van der Waals surface area contributed by atoms with Gasteiger partial charge in [0.25, 0.3) is 0 Å². The molecule has 2 nitrogen and oxygen atoms in total. The summed E-state index contributed by atoms with van der Waals surface area (Å²) < 4.78 is 0. The number of nitrogens with zero attached hydrogens (tertiary/aromatic N) is 2. The summed E-state index contributed by atoms with van der Waals surface area (Å²) in [6.07, 6.45) is 2.56. The van der Waals surface area contributed by atoms with Crippen LogP contribution < -0.4 is 0 Å². The van der Waals surface area contributed by atoms with Crippen LogP contribution in [0.15, 0.2) is 42.1 Å². The molecule has 0 saturated carbocycles. The third kappa shape index (κ3) is 3.32. The fraction of sp³-hybridized carbons (Fsp3) is 0.250. The molecule has 0 heterocycles. The standard InChI is InChI=1S/C12H14N2/c1-14(2)10-12(9-13)8-11-6-4-3-5-7-11/h3-7,10H,8H2,1-2H3. The predicted octanol–water partition coefficient (Wildman–Crippen LogP) is 2.20. The lowest BCUT2D eigenvalue weighted by atomic mass is 10.1. The molecule has 0 atom stereocenters. The molecule has 0 amide bonds. The number of allylic oxidation sites excluding steroid dienone is 1. The summed E-state index contributed by atoms with van der Waals surface area (Å²) in [6, 6.07) is 12.2. The Hall–Kier alpha value is -1.75. The zero-order chi connectivity index (χ0) is 10.4. The van der Waals surface area contributed by atoms with Gasteiger partial charge in [-0.15, -0.1) is 0 Å². The number of benzene rings is 1. The Morgan fingerprint density at radius 1 is 1.36 bits per heavy atom. The van der Waals surface area contributed by atoms with E-state index in [1.54, 1.807) is 0 Å². The van der Waals surface area contributed by atoms with Crippen LogP contribution in [-0.2, 0) is 6.42 Å². The van der Waals surface area contributed by atoms with Gasteiger partial charge in [0.05, 0.1) is 6.07 Å². The molecule has 1 aromatic carbocycles. The van der Waals surface area contributed by atoms with Crippen molar-refractivity contribution in [1.82, 2.24) is 4.90 Å². The van der Waals surface area contributed by atoms with Gasteiger partial charge in [-0.05, 0) is 5.56 Å². The Morgan fingerprint density at radius 3 is 2.50 bits per heavy atom. The van der Waals surface area contributed by atoms with Crippen molar-refractivity contribution in [2.75, 3.05) is 14.1 Å². The lowest BCUT2D eigenvalue weighted by molar-refractivity contribution is 0.558. The summed E-state index contributed by atoms with van der Waals surface area (Å²) in [6.45, 7) is 0. The van der Waals surface area contributed by atoms with Gasteiger partial charge >= 0.3 is 0 Å². The second-order valence-electron chi connectivity index (χ2n) is 3.39. The maximum Gasteiger partial charge on any atom is 0.0965 e. The topological polar surface area (TPSA) is 27.0 Å². The van der Waals surface area contributed by atoms with Gasteiger partial charge in [-0.25, -0.2) is 0 Å². The van der Waals surface area contributed by atoms with E-state index in [0.717, 1.165) is 5.57 Å². The summed E-state index contributed by atoms with van der Waals surface area (Å²) >= 11 is 0. The molecule has 0 spiro atoms. The molecule has 0 aromatic heterocycles. The maximum absolute atomic E-state index is 8.89. The first kappa shape index (κ1) is 10.3. The van der Waals surface area contributed by atoms with Crippen LogP contribution in [0, 0.1) is 11.3 Å². The summed E-state index contributed by atoms with van der Waals surface area (Å²) in [7, 11) is 3.84. The van der Waals surface area contributed by atoms with Crippen molar-refractivity contribution in [1.29, 1.82) is 5.26 Å². The third-order valence-electron chi connectivity index (χ3n) is 1.80. The lowest BCUT2D eigenvalue weighted by Crippen LogP contribution is -2.03. The lowest BCUT2D eigenvalue weighted by Gasteiger charge is -2.06. The van der Waals surface area contributed by atoms with E-state index in [-0.39, 0.29) is 0 Å². The molecule has 0 saturated heterocycles. The third-order valence-corrected chi connectivity index (χ3v) is 1.80. The number of hydrogen-bond donors (Lipinski definition) is 0. The quantitative estimate of drug-likeness (QED) is 0.677. The highest BCUT2D eigenvalue weighted by atomic mass is 15.0. The van der Waals surface area contributed by atoms with Gasteiger partial charge in [0.2, 0.25) is 0 Å². The molecule has 0 radical (unpaired) electrons. The largest absolute Gasteiger partial charge is 0.383 e. The van der Waals surface area contributed by atoms with E-state index >= 15 is 0 Å². The van der Waals surface area contributed by atoms with Gasteiger partial charge in [-0.2, -0.15) is 5.26 Å². The molecule has 1 rings (SSSR count). The molecule has 0 unspecified atom stereocenters. The summed E-state index contributed by atoms with van der Waals surface area (Å²) in [5, 5.41) is 8.89. The average Bonchev–Trinajstić information content (AvgIpc) is 2.17. The van der Waals surface area contributed by atoms with Gasteiger partial charge in [0.15, 0.2) is 0 Å². The van der Waals surface area contributed by atoms with E-state index < -0.39 is 0 Å². The molecule has 0 fully saturated rings. The van der Waals surface area contributed by atoms with E-state index in [4.69, 9.17) is 5.26 Å². The number of nitriles is 1. The van der Waals surface area contributed by atoms with Gasteiger partial charge < -0.3 is 4.90 Å². The minimum Gasteiger partial charge on any atom is -0.383 e. The summed E-state index contributed by atoms with van der Waals surface area (Å²) in [5.74, 6) is 0. The molecule has 1 aromatic rings. The van der Waals surface area contributed by atoms with Crippen molar-refractivity contribution in [3.63, 3.8) is 0 Å². The van der Waals surface area contributed by atoms with Gasteiger partial charge in [0.1, 0.15) is 0 Å². The molecule has 0 bridgehead atoms. The SMILES string of the molecule is CN(C)C=C(C#N)Cc1ccccc1. The minimum absolute atomic E-state index is 0.704. The van der Waals surface area contributed by atoms with Crippen molar-refractivity contribution >= 4 is 0 Å². The highest BCUT2D eigenvalue weighted by molar-refractivity contribution is 5.29. The van der Waals surface area contributed by atoms with E-state index in [1.165, 1.54) is 5.56 Å². The molecule has 14 heavy (non-hydrogen) atoms. The van der Waals surface area contributed by atoms with E-state index in [9.17, 15) is 0 Å². The Balaban J connectivity index is 2.73. The van der Waals surface area contributed by atoms with Crippen molar-refractivity contribution in [2.45, 2.75) is 6.42 Å². The molecular weight excluding hydrogens is 172 g/mol. The van der Waals surface area contributed by atoms with Crippen LogP contribution in [0.3, 0.4) is 0 Å². The molecule has 0 aliphatic carbocycles. The molecule has 0 aliphatic heterocycles. The van der Waals surface area contributed by atoms with E-state index in [0.29, 0.717) is 6.42 Å². The zero-order valence-electron chi connectivity index (χ0n) is 8.57. The normalized spacial score (nSPS) is 10.8. The second kappa shape index (κ2) is 5.08. The Morgan fingerprint density at radius 2 is 2.00 bits per heavy atom. The maximum atomic E-state index is 8.89. The van der Waals surface area contributed by atoms with Crippen LogP contribution >= 0.6 is 0 Å². The average molecular weight is 186 g/mol. The molecule has 2 heteroatoms. The van der Waals surface area contributed by atoms with E-state index in [1.807, 2.05) is 55.5 Å². The van der Waals surface area contributed by atoms with Crippen LogP contribution in [0.2, 0.25) is 0 Å². The van der Waals surface area contributed by atoms with Crippen LogP contribution in [0.4, 0.5) is 0 Å². The first-order valence-electron chi connectivity index (χ1n) is 4.53. The smallest absolute Gasteiger partial charge is 0.0965 e. The highest BCUT2D eigenvalue weighted by Gasteiger charge is 1.98. The first-order chi connectivity index (χ1) is 6.72. The Kier molecular flexibility index (Phi) is 3.75. The molecular formula is C12H14N2. The van der Waals surface area contributed by atoms with Crippen LogP contribution in [0.1, 0.15) is 5.56 Å². The van der Waals surface area contributed by atoms with Gasteiger partial charge in [-0.3, -0.25) is 0 Å². The minimum atomic E-state index is 0.704. The number of hydrogen-bond acceptors (Lipinski definition) is 2. The van der Waals surface area contributed by atoms with Crippen LogP contribution in [0.25, 0.3) is 0 Å². The molecule has 72 valence electrons. The Labute approximate surface area is 85.1 Å². The molecule has 0 aliphatic rings. The Bertz CT molecular complexity index is 344. The molecule has 0 N–H and O–H groups in total. The fourth-order valence-corrected chi connectivity index (χ4v) is 1.24. The summed E-state index contributed by atoms with van der Waals surface area (Å²) in [5.41, 5.74) is 1.95. The predicted molar refractivity (Wildman–Crippen MR) is 57.5 cm³/mol. The number of rotatable bonds is 3. The van der Waals surface area contributed by atoms with Crippen molar-refractivity contribution in [2.24, 2.45) is 0 Å². The first-order valence-corrected chi connectivity index (χ1v) is 4.53.